The first kappa shape index (κ1) is 17.5. The summed E-state index contributed by atoms with van der Waals surface area (Å²) in [6.07, 6.45) is 5.70. The lowest BCUT2D eigenvalue weighted by Gasteiger charge is -2.24. The molecule has 2 atom stereocenters. The van der Waals surface area contributed by atoms with E-state index in [-0.39, 0.29) is 11.8 Å². The molecule has 0 radical (unpaired) electrons. The van der Waals surface area contributed by atoms with E-state index in [4.69, 9.17) is 11.6 Å². The highest BCUT2D eigenvalue weighted by Crippen LogP contribution is 2.33. The van der Waals surface area contributed by atoms with Crippen LogP contribution in [0.15, 0.2) is 30.4 Å². The van der Waals surface area contributed by atoms with E-state index in [9.17, 15) is 19.5 Å². The van der Waals surface area contributed by atoms with Gasteiger partial charge in [0.05, 0.1) is 22.5 Å². The SMILES string of the molecule is O=C(O)[C@H]1CC=CC[C@@H]1C(=O)Nc1ccc(N2CCCC2=O)c(Cl)c1. The summed E-state index contributed by atoms with van der Waals surface area (Å²) in [7, 11) is 0. The van der Waals surface area contributed by atoms with Gasteiger partial charge in [0.25, 0.3) is 0 Å². The minimum atomic E-state index is -0.967. The second kappa shape index (κ2) is 7.27. The van der Waals surface area contributed by atoms with Gasteiger partial charge in [0.1, 0.15) is 0 Å². The molecule has 2 N–H and O–H groups in total. The highest BCUT2D eigenvalue weighted by molar-refractivity contribution is 6.34. The topological polar surface area (TPSA) is 86.7 Å². The number of nitrogens with one attached hydrogen (secondary N) is 1. The molecule has 1 fully saturated rings. The minimum Gasteiger partial charge on any atom is -0.481 e. The number of anilines is 2. The van der Waals surface area contributed by atoms with Crippen LogP contribution in [0.3, 0.4) is 0 Å². The van der Waals surface area contributed by atoms with Gasteiger partial charge in [-0.25, -0.2) is 0 Å². The van der Waals surface area contributed by atoms with Gasteiger partial charge in [-0.3, -0.25) is 14.4 Å². The Kier molecular flexibility index (Phi) is 5.08. The predicted molar refractivity (Wildman–Crippen MR) is 94.7 cm³/mol. The molecule has 1 aliphatic carbocycles. The van der Waals surface area contributed by atoms with Crippen LogP contribution in [0.4, 0.5) is 11.4 Å². The van der Waals surface area contributed by atoms with Crippen LogP contribution in [0.5, 0.6) is 0 Å². The van der Waals surface area contributed by atoms with Crippen LogP contribution in [0.25, 0.3) is 0 Å². The van der Waals surface area contributed by atoms with Gasteiger partial charge in [0.15, 0.2) is 0 Å². The van der Waals surface area contributed by atoms with Gasteiger partial charge < -0.3 is 15.3 Å². The molecule has 0 unspecified atom stereocenters. The molecular weight excluding hydrogens is 344 g/mol. The van der Waals surface area contributed by atoms with Crippen molar-refractivity contribution in [1.29, 1.82) is 0 Å². The van der Waals surface area contributed by atoms with Crippen LogP contribution in [0, 0.1) is 11.8 Å². The Bertz CT molecular complexity index is 747. The Labute approximate surface area is 150 Å². The Morgan fingerprint density at radius 2 is 1.92 bits per heavy atom. The zero-order chi connectivity index (χ0) is 18.0. The largest absolute Gasteiger partial charge is 0.481 e. The highest BCUT2D eigenvalue weighted by Gasteiger charge is 2.34. The fourth-order valence-electron chi connectivity index (χ4n) is 3.32. The molecule has 3 rings (SSSR count). The van der Waals surface area contributed by atoms with Crippen molar-refractivity contribution in [1.82, 2.24) is 0 Å². The van der Waals surface area contributed by atoms with E-state index < -0.39 is 17.8 Å². The lowest BCUT2D eigenvalue weighted by atomic mass is 9.82. The number of carboxylic acids is 1. The average molecular weight is 363 g/mol. The molecule has 1 aliphatic heterocycles. The molecule has 1 aromatic rings. The maximum absolute atomic E-state index is 12.5. The standard InChI is InChI=1S/C18H19ClN2O4/c19-14-10-11(7-8-15(14)21-9-3-6-16(21)22)20-17(23)12-4-1-2-5-13(12)18(24)25/h1-2,7-8,10,12-13H,3-6,9H2,(H,20,23)(H,24,25)/t12-,13-/m0/s1. The monoisotopic (exact) mass is 362 g/mol. The van der Waals surface area contributed by atoms with Crippen molar-refractivity contribution in [2.45, 2.75) is 25.7 Å². The number of benzene rings is 1. The number of nitrogens with zero attached hydrogens (tertiary/aromatic N) is 1. The fraction of sp³-hybridized carbons (Fsp3) is 0.389. The number of carboxylic acid groups (broad SMARTS) is 1. The number of halogens is 1. The van der Waals surface area contributed by atoms with E-state index in [0.29, 0.717) is 42.2 Å². The minimum absolute atomic E-state index is 0.0389. The van der Waals surface area contributed by atoms with Gasteiger partial charge in [-0.2, -0.15) is 0 Å². The summed E-state index contributed by atoms with van der Waals surface area (Å²) in [6.45, 7) is 0.638. The Balaban J connectivity index is 1.73. The number of carbonyl (C=O) groups is 3. The van der Waals surface area contributed by atoms with Gasteiger partial charge in [0, 0.05) is 18.7 Å². The molecule has 132 valence electrons. The van der Waals surface area contributed by atoms with Crippen molar-refractivity contribution in [3.63, 3.8) is 0 Å². The molecule has 1 saturated heterocycles. The third-order valence-corrected chi connectivity index (χ3v) is 4.97. The first-order chi connectivity index (χ1) is 12.0. The lowest BCUT2D eigenvalue weighted by Crippen LogP contribution is -2.34. The maximum atomic E-state index is 12.5. The number of amides is 2. The quantitative estimate of drug-likeness (QED) is 0.806. The zero-order valence-electron chi connectivity index (χ0n) is 13.6. The Hall–Kier alpha value is -2.34. The van der Waals surface area contributed by atoms with Crippen molar-refractivity contribution < 1.29 is 19.5 Å². The molecule has 1 aromatic carbocycles. The molecule has 1 heterocycles. The summed E-state index contributed by atoms with van der Waals surface area (Å²) in [5.74, 6) is -2.59. The van der Waals surface area contributed by atoms with Crippen LogP contribution in [-0.2, 0) is 14.4 Å². The van der Waals surface area contributed by atoms with E-state index >= 15 is 0 Å². The Morgan fingerprint density at radius 3 is 2.52 bits per heavy atom. The van der Waals surface area contributed by atoms with Crippen molar-refractivity contribution in [2.75, 3.05) is 16.8 Å². The summed E-state index contributed by atoms with van der Waals surface area (Å²) in [6, 6.07) is 4.98. The summed E-state index contributed by atoms with van der Waals surface area (Å²) in [4.78, 5) is 37.3. The third-order valence-electron chi connectivity index (χ3n) is 4.67. The summed E-state index contributed by atoms with van der Waals surface area (Å²) in [5, 5.41) is 12.4. The molecule has 7 heteroatoms. The zero-order valence-corrected chi connectivity index (χ0v) is 14.3. The predicted octanol–water partition coefficient (Wildman–Crippen LogP) is 3.07. The highest BCUT2D eigenvalue weighted by atomic mass is 35.5. The normalized spacial score (nSPS) is 22.9. The average Bonchev–Trinajstić information content (AvgIpc) is 3.01. The number of carbonyl (C=O) groups excluding carboxylic acids is 2. The second-order valence-electron chi connectivity index (χ2n) is 6.30. The summed E-state index contributed by atoms with van der Waals surface area (Å²) < 4.78 is 0. The van der Waals surface area contributed by atoms with Gasteiger partial charge >= 0.3 is 5.97 Å². The van der Waals surface area contributed by atoms with Crippen molar-refractivity contribution in [2.24, 2.45) is 11.8 Å². The summed E-state index contributed by atoms with van der Waals surface area (Å²) in [5.41, 5.74) is 1.12. The van der Waals surface area contributed by atoms with Gasteiger partial charge in [-0.15, -0.1) is 0 Å². The fourth-order valence-corrected chi connectivity index (χ4v) is 3.60. The van der Waals surface area contributed by atoms with Crippen molar-refractivity contribution >= 4 is 40.8 Å². The van der Waals surface area contributed by atoms with Gasteiger partial charge in [-0.05, 0) is 37.5 Å². The van der Waals surface area contributed by atoms with Crippen LogP contribution < -0.4 is 10.2 Å². The number of rotatable bonds is 4. The maximum Gasteiger partial charge on any atom is 0.307 e. The van der Waals surface area contributed by atoms with Crippen molar-refractivity contribution in [3.05, 3.63) is 35.4 Å². The first-order valence-corrected chi connectivity index (χ1v) is 8.63. The van der Waals surface area contributed by atoms with Crippen molar-refractivity contribution in [3.8, 4) is 0 Å². The molecule has 25 heavy (non-hydrogen) atoms. The van der Waals surface area contributed by atoms with Crippen LogP contribution in [0.2, 0.25) is 5.02 Å². The van der Waals surface area contributed by atoms with Gasteiger partial charge in [0.2, 0.25) is 11.8 Å². The Morgan fingerprint density at radius 1 is 1.20 bits per heavy atom. The molecule has 2 aliphatic rings. The van der Waals surface area contributed by atoms with E-state index in [2.05, 4.69) is 5.32 Å². The molecule has 2 amide bonds. The summed E-state index contributed by atoms with van der Waals surface area (Å²) >= 11 is 6.27. The third kappa shape index (κ3) is 3.69. The molecule has 0 aromatic heterocycles. The van der Waals surface area contributed by atoms with E-state index in [0.717, 1.165) is 6.42 Å². The molecular formula is C18H19ClN2O4. The number of allylic oxidation sites excluding steroid dienone is 2. The van der Waals surface area contributed by atoms with Crippen LogP contribution in [0.1, 0.15) is 25.7 Å². The smallest absolute Gasteiger partial charge is 0.307 e. The molecule has 6 nitrogen and oxygen atoms in total. The van der Waals surface area contributed by atoms with E-state index in [1.165, 1.54) is 0 Å². The first-order valence-electron chi connectivity index (χ1n) is 8.26. The molecule has 0 spiro atoms. The second-order valence-corrected chi connectivity index (χ2v) is 6.71. The number of hydrogen-bond acceptors (Lipinski definition) is 3. The van der Waals surface area contributed by atoms with E-state index in [1.54, 1.807) is 29.2 Å². The number of aliphatic carboxylic acids is 1. The van der Waals surface area contributed by atoms with Crippen LogP contribution in [-0.4, -0.2) is 29.4 Å². The lowest BCUT2D eigenvalue weighted by molar-refractivity contribution is -0.146. The molecule has 0 bridgehead atoms. The van der Waals surface area contributed by atoms with Gasteiger partial charge in [-0.1, -0.05) is 23.8 Å². The van der Waals surface area contributed by atoms with E-state index in [1.807, 2.05) is 6.08 Å². The molecule has 0 saturated carbocycles. The number of hydrogen-bond donors (Lipinski definition) is 2. The van der Waals surface area contributed by atoms with Crippen LogP contribution >= 0.6 is 11.6 Å².